The Labute approximate surface area is 209 Å². The SMILES string of the molecule is CC(=O)OCc1ccc(OC(C)=O)c([C@H](CC[N+](C)(C(C)C)C(C)C)c2ccccc2)c1.[Br-]. The minimum atomic E-state index is -0.351. The minimum absolute atomic E-state index is 0. The molecule has 0 aromatic heterocycles. The number of nitrogens with zero attached hydrogens (tertiary/aromatic N) is 1. The van der Waals surface area contributed by atoms with Gasteiger partial charge >= 0.3 is 11.9 Å². The standard InChI is InChI=1S/C27H38NO4.BrH/c1-19(2)28(7,20(3)4)16-15-25(24-11-9-8-10-12-24)26-17-23(18-31-21(5)29)13-14-27(26)32-22(6)30;/h8-14,17,19-20,25H,15-16,18H2,1-7H3;1H/q+1;/p-1/t25-;/m1./s1. The first-order valence-corrected chi connectivity index (χ1v) is 11.4. The number of rotatable bonds is 10. The smallest absolute Gasteiger partial charge is 0.308 e. The van der Waals surface area contributed by atoms with E-state index in [-0.39, 0.29) is 41.4 Å². The Morgan fingerprint density at radius 3 is 2.03 bits per heavy atom. The highest BCUT2D eigenvalue weighted by molar-refractivity contribution is 5.70. The average Bonchev–Trinajstić information content (AvgIpc) is 2.73. The van der Waals surface area contributed by atoms with Crippen molar-refractivity contribution in [1.29, 1.82) is 0 Å². The number of halogens is 1. The van der Waals surface area contributed by atoms with Gasteiger partial charge in [-0.3, -0.25) is 9.59 Å². The van der Waals surface area contributed by atoms with Crippen molar-refractivity contribution in [2.45, 2.75) is 72.6 Å². The van der Waals surface area contributed by atoms with Crippen LogP contribution in [0.25, 0.3) is 0 Å². The molecule has 0 aliphatic rings. The molecule has 0 saturated carbocycles. The van der Waals surface area contributed by atoms with Crippen LogP contribution in [0.2, 0.25) is 0 Å². The van der Waals surface area contributed by atoms with Crippen molar-refractivity contribution in [1.82, 2.24) is 0 Å². The van der Waals surface area contributed by atoms with Gasteiger partial charge in [0, 0.05) is 31.7 Å². The number of carbonyl (C=O) groups is 2. The molecule has 0 unspecified atom stereocenters. The van der Waals surface area contributed by atoms with E-state index in [1.54, 1.807) is 0 Å². The van der Waals surface area contributed by atoms with Crippen molar-refractivity contribution in [3.05, 3.63) is 65.2 Å². The fraction of sp³-hybridized carbons (Fsp3) is 0.481. The Kier molecular flexibility index (Phi) is 11.3. The van der Waals surface area contributed by atoms with Gasteiger partial charge in [0.15, 0.2) is 0 Å². The summed E-state index contributed by atoms with van der Waals surface area (Å²) in [6.07, 6.45) is 0.891. The average molecular weight is 521 g/mol. The molecule has 0 N–H and O–H groups in total. The van der Waals surface area contributed by atoms with Crippen LogP contribution in [-0.2, 0) is 20.9 Å². The molecule has 6 heteroatoms. The van der Waals surface area contributed by atoms with Crippen LogP contribution in [-0.4, -0.2) is 42.1 Å². The number of benzene rings is 2. The van der Waals surface area contributed by atoms with E-state index in [0.717, 1.165) is 28.6 Å². The van der Waals surface area contributed by atoms with Crippen molar-refractivity contribution in [3.8, 4) is 5.75 Å². The molecule has 5 nitrogen and oxygen atoms in total. The lowest BCUT2D eigenvalue weighted by molar-refractivity contribution is -0.949. The molecule has 0 heterocycles. The second-order valence-corrected chi connectivity index (χ2v) is 9.26. The summed E-state index contributed by atoms with van der Waals surface area (Å²) < 4.78 is 11.8. The first kappa shape index (κ1) is 28.9. The third-order valence-corrected chi connectivity index (χ3v) is 6.61. The lowest BCUT2D eigenvalue weighted by Crippen LogP contribution is -3.00. The Hall–Kier alpha value is -2.18. The second-order valence-electron chi connectivity index (χ2n) is 9.26. The molecule has 0 spiro atoms. The Bertz CT molecular complexity index is 904. The van der Waals surface area contributed by atoms with Gasteiger partial charge in [0.05, 0.1) is 25.7 Å². The number of carbonyl (C=O) groups excluding carboxylic acids is 2. The first-order chi connectivity index (χ1) is 15.0. The van der Waals surface area contributed by atoms with Crippen molar-refractivity contribution >= 4 is 11.9 Å². The van der Waals surface area contributed by atoms with E-state index in [0.29, 0.717) is 17.8 Å². The zero-order valence-electron chi connectivity index (χ0n) is 20.9. The fourth-order valence-corrected chi connectivity index (χ4v) is 4.10. The van der Waals surface area contributed by atoms with Crippen molar-refractivity contribution < 1.29 is 40.5 Å². The van der Waals surface area contributed by atoms with Crippen LogP contribution < -0.4 is 21.7 Å². The van der Waals surface area contributed by atoms with E-state index in [2.05, 4.69) is 46.9 Å². The van der Waals surface area contributed by atoms with E-state index in [4.69, 9.17) is 9.47 Å². The third-order valence-electron chi connectivity index (χ3n) is 6.61. The molecule has 2 rings (SSSR count). The molecule has 33 heavy (non-hydrogen) atoms. The first-order valence-electron chi connectivity index (χ1n) is 11.4. The van der Waals surface area contributed by atoms with Gasteiger partial charge in [0.25, 0.3) is 0 Å². The van der Waals surface area contributed by atoms with Gasteiger partial charge < -0.3 is 30.9 Å². The van der Waals surface area contributed by atoms with Crippen LogP contribution in [0.4, 0.5) is 0 Å². The second kappa shape index (κ2) is 12.9. The summed E-state index contributed by atoms with van der Waals surface area (Å²) >= 11 is 0. The van der Waals surface area contributed by atoms with Gasteiger partial charge in [0.2, 0.25) is 0 Å². The van der Waals surface area contributed by atoms with Crippen LogP contribution >= 0.6 is 0 Å². The predicted molar refractivity (Wildman–Crippen MR) is 127 cm³/mol. The van der Waals surface area contributed by atoms with Crippen LogP contribution in [0.5, 0.6) is 5.75 Å². The maximum Gasteiger partial charge on any atom is 0.308 e. The largest absolute Gasteiger partial charge is 1.00 e. The molecule has 1 atom stereocenters. The van der Waals surface area contributed by atoms with E-state index in [1.807, 2.05) is 36.4 Å². The van der Waals surface area contributed by atoms with Gasteiger partial charge in [-0.25, -0.2) is 0 Å². The molecule has 0 fully saturated rings. The van der Waals surface area contributed by atoms with Gasteiger partial charge in [-0.05, 0) is 51.0 Å². The Morgan fingerprint density at radius 1 is 0.909 bits per heavy atom. The van der Waals surface area contributed by atoms with Crippen LogP contribution in [0, 0.1) is 0 Å². The molecular weight excluding hydrogens is 482 g/mol. The molecule has 2 aromatic rings. The summed E-state index contributed by atoms with van der Waals surface area (Å²) in [6.45, 7) is 13.0. The lowest BCUT2D eigenvalue weighted by Gasteiger charge is -2.43. The van der Waals surface area contributed by atoms with E-state index < -0.39 is 0 Å². The Morgan fingerprint density at radius 2 is 1.52 bits per heavy atom. The highest BCUT2D eigenvalue weighted by Gasteiger charge is 2.32. The lowest BCUT2D eigenvalue weighted by atomic mass is 9.86. The summed E-state index contributed by atoms with van der Waals surface area (Å²) in [5, 5.41) is 0. The molecule has 0 saturated heterocycles. The highest BCUT2D eigenvalue weighted by Crippen LogP contribution is 2.37. The molecule has 0 aliphatic heterocycles. The molecule has 0 bridgehead atoms. The van der Waals surface area contributed by atoms with E-state index >= 15 is 0 Å². The molecule has 0 amide bonds. The third kappa shape index (κ3) is 7.97. The quantitative estimate of drug-likeness (QED) is 0.275. The monoisotopic (exact) mass is 519 g/mol. The summed E-state index contributed by atoms with van der Waals surface area (Å²) in [4.78, 5) is 23.1. The maximum absolute atomic E-state index is 11.8. The number of hydrogen-bond donors (Lipinski definition) is 0. The summed E-state index contributed by atoms with van der Waals surface area (Å²) in [5.41, 5.74) is 2.98. The number of quaternary nitrogens is 1. The molecular formula is C27H38BrNO4. The zero-order chi connectivity index (χ0) is 23.9. The minimum Gasteiger partial charge on any atom is -1.00 e. The number of esters is 2. The van der Waals surface area contributed by atoms with Crippen LogP contribution in [0.3, 0.4) is 0 Å². The van der Waals surface area contributed by atoms with Crippen molar-refractivity contribution in [2.75, 3.05) is 13.6 Å². The molecule has 2 aromatic carbocycles. The van der Waals surface area contributed by atoms with Crippen LogP contribution in [0.15, 0.2) is 48.5 Å². The Balaban J connectivity index is 0.00000544. The zero-order valence-corrected chi connectivity index (χ0v) is 22.5. The van der Waals surface area contributed by atoms with Gasteiger partial charge in [-0.15, -0.1) is 0 Å². The summed E-state index contributed by atoms with van der Waals surface area (Å²) in [5.74, 6) is -0.0769. The molecule has 182 valence electrons. The van der Waals surface area contributed by atoms with E-state index in [9.17, 15) is 9.59 Å². The highest BCUT2D eigenvalue weighted by atomic mass is 79.9. The summed E-state index contributed by atoms with van der Waals surface area (Å²) in [7, 11) is 2.31. The van der Waals surface area contributed by atoms with Crippen molar-refractivity contribution in [2.24, 2.45) is 0 Å². The summed E-state index contributed by atoms with van der Waals surface area (Å²) in [6, 6.07) is 16.9. The topological polar surface area (TPSA) is 52.6 Å². The molecule has 0 radical (unpaired) electrons. The normalized spacial score (nSPS) is 12.3. The number of hydrogen-bond acceptors (Lipinski definition) is 4. The van der Waals surface area contributed by atoms with Gasteiger partial charge in [-0.2, -0.15) is 0 Å². The molecule has 0 aliphatic carbocycles. The predicted octanol–water partition coefficient (Wildman–Crippen LogP) is 2.46. The number of ether oxygens (including phenoxy) is 2. The van der Waals surface area contributed by atoms with Crippen LogP contribution in [0.1, 0.15) is 70.6 Å². The van der Waals surface area contributed by atoms with E-state index in [1.165, 1.54) is 19.4 Å². The fourth-order valence-electron chi connectivity index (χ4n) is 4.10. The van der Waals surface area contributed by atoms with Gasteiger partial charge in [-0.1, -0.05) is 36.4 Å². The van der Waals surface area contributed by atoms with Gasteiger partial charge in [0.1, 0.15) is 12.4 Å². The van der Waals surface area contributed by atoms with Crippen molar-refractivity contribution in [3.63, 3.8) is 0 Å². The maximum atomic E-state index is 11.8.